The largest absolute Gasteiger partial charge is 0.456 e. The van der Waals surface area contributed by atoms with Gasteiger partial charge in [0.2, 0.25) is 5.91 Å². The fraction of sp³-hybridized carbons (Fsp3) is 0.560. The van der Waals surface area contributed by atoms with Gasteiger partial charge in [-0.05, 0) is 61.3 Å². The van der Waals surface area contributed by atoms with Gasteiger partial charge >= 0.3 is 12.0 Å². The van der Waals surface area contributed by atoms with Gasteiger partial charge in [-0.2, -0.15) is 0 Å². The molecule has 0 radical (unpaired) electrons. The van der Waals surface area contributed by atoms with Crippen molar-refractivity contribution in [3.63, 3.8) is 0 Å². The number of Topliss-reactive ketones (excluding diaryl/α,β-unsaturated/α-hetero) is 1. The molecule has 0 aromatic heterocycles. The lowest BCUT2D eigenvalue weighted by atomic mass is 9.67. The molecule has 9 nitrogen and oxygen atoms in total. The molecular formula is C25H33N3O6. The Bertz CT molecular complexity index is 971. The number of urea groups is 1. The van der Waals surface area contributed by atoms with Crippen LogP contribution in [-0.4, -0.2) is 53.2 Å². The number of carbonyl (C=O) groups excluding carboxylic acids is 5. The summed E-state index contributed by atoms with van der Waals surface area (Å²) < 4.78 is 5.03. The molecule has 2 N–H and O–H groups in total. The van der Waals surface area contributed by atoms with Crippen LogP contribution < -0.4 is 10.6 Å². The smallest absolute Gasteiger partial charge is 0.326 e. The molecule has 0 bridgehead atoms. The molecule has 4 amide bonds. The fourth-order valence-electron chi connectivity index (χ4n) is 4.53. The molecule has 3 rings (SSSR count). The highest BCUT2D eigenvalue weighted by Gasteiger charge is 2.53. The standard InChI is InChI=1S/C25H33N3O6/c1-5-20(30)26-18-8-6-16(7-9-18)19(29)15-34-21(31)14-28-22(32)25(27-23(28)33)12-10-17(11-13-25)24(2,3)4/h6-9,17H,5,10-15H2,1-4H3,(H,26,30)(H,27,33). The van der Waals surface area contributed by atoms with Crippen molar-refractivity contribution >= 4 is 35.3 Å². The molecule has 1 saturated heterocycles. The van der Waals surface area contributed by atoms with E-state index in [1.807, 2.05) is 0 Å². The number of esters is 1. The summed E-state index contributed by atoms with van der Waals surface area (Å²) in [4.78, 5) is 62.4. The molecule has 1 aliphatic heterocycles. The minimum Gasteiger partial charge on any atom is -0.456 e. The summed E-state index contributed by atoms with van der Waals surface area (Å²) in [6.07, 6.45) is 3.07. The first kappa shape index (κ1) is 25.4. The van der Waals surface area contributed by atoms with Gasteiger partial charge in [-0.15, -0.1) is 0 Å². The quantitative estimate of drug-likeness (QED) is 0.358. The number of rotatable bonds is 7. The number of benzene rings is 1. The van der Waals surface area contributed by atoms with Crippen molar-refractivity contribution in [3.8, 4) is 0 Å². The van der Waals surface area contributed by atoms with Crippen molar-refractivity contribution in [1.29, 1.82) is 0 Å². The summed E-state index contributed by atoms with van der Waals surface area (Å²) in [5, 5.41) is 5.47. The van der Waals surface area contributed by atoms with Crippen molar-refractivity contribution in [2.45, 2.75) is 65.3 Å². The number of carbonyl (C=O) groups is 5. The van der Waals surface area contributed by atoms with Crippen LogP contribution in [0.5, 0.6) is 0 Å². The van der Waals surface area contributed by atoms with Crippen molar-refractivity contribution in [2.75, 3.05) is 18.5 Å². The molecule has 1 heterocycles. The van der Waals surface area contributed by atoms with Gasteiger partial charge in [0.25, 0.3) is 5.91 Å². The highest BCUT2D eigenvalue weighted by atomic mass is 16.5. The van der Waals surface area contributed by atoms with Crippen LogP contribution in [0.1, 0.15) is 70.2 Å². The Hall–Kier alpha value is -3.23. The van der Waals surface area contributed by atoms with Crippen LogP contribution in [0.3, 0.4) is 0 Å². The van der Waals surface area contributed by atoms with Crippen LogP contribution in [0.25, 0.3) is 0 Å². The van der Waals surface area contributed by atoms with E-state index in [9.17, 15) is 24.0 Å². The zero-order valence-corrected chi connectivity index (χ0v) is 20.2. The molecule has 0 unspecified atom stereocenters. The molecule has 1 aromatic rings. The number of ketones is 1. The van der Waals surface area contributed by atoms with Gasteiger partial charge in [0.05, 0.1) is 0 Å². The molecular weight excluding hydrogens is 438 g/mol. The normalized spacial score (nSPS) is 22.5. The minimum absolute atomic E-state index is 0.132. The molecule has 0 atom stereocenters. The summed E-state index contributed by atoms with van der Waals surface area (Å²) >= 11 is 0. The van der Waals surface area contributed by atoms with Gasteiger partial charge < -0.3 is 15.4 Å². The Balaban J connectivity index is 1.51. The summed E-state index contributed by atoms with van der Waals surface area (Å²) in [5.74, 6) is -1.35. The Morgan fingerprint density at radius 1 is 1.12 bits per heavy atom. The summed E-state index contributed by atoms with van der Waals surface area (Å²) in [6, 6.07) is 5.62. The van der Waals surface area contributed by atoms with Crippen LogP contribution in [0.4, 0.5) is 10.5 Å². The van der Waals surface area contributed by atoms with E-state index in [1.54, 1.807) is 19.1 Å². The van der Waals surface area contributed by atoms with Gasteiger partial charge in [0, 0.05) is 17.7 Å². The Labute approximate surface area is 199 Å². The van der Waals surface area contributed by atoms with Crippen LogP contribution in [0, 0.1) is 11.3 Å². The van der Waals surface area contributed by atoms with Crippen molar-refractivity contribution in [2.24, 2.45) is 11.3 Å². The molecule has 184 valence electrons. The molecule has 1 spiro atoms. The SMILES string of the molecule is CCC(=O)Nc1ccc(C(=O)COC(=O)CN2C(=O)NC3(CCC(C(C)(C)C)CC3)C2=O)cc1. The Kier molecular flexibility index (Phi) is 7.43. The van der Waals surface area contributed by atoms with Gasteiger partial charge in [-0.25, -0.2) is 4.79 Å². The third-order valence-electron chi connectivity index (χ3n) is 6.77. The van der Waals surface area contributed by atoms with E-state index in [1.165, 1.54) is 12.1 Å². The van der Waals surface area contributed by atoms with E-state index >= 15 is 0 Å². The second-order valence-electron chi connectivity index (χ2n) is 10.1. The number of hydrogen-bond acceptors (Lipinski definition) is 6. The first-order valence-electron chi connectivity index (χ1n) is 11.7. The maximum atomic E-state index is 13.0. The number of anilines is 1. The first-order valence-corrected chi connectivity index (χ1v) is 11.7. The maximum Gasteiger partial charge on any atom is 0.326 e. The van der Waals surface area contributed by atoms with Gasteiger partial charge in [0.1, 0.15) is 12.1 Å². The number of hydrogen-bond donors (Lipinski definition) is 2. The first-order chi connectivity index (χ1) is 15.9. The predicted octanol–water partition coefficient (Wildman–Crippen LogP) is 3.29. The average molecular weight is 472 g/mol. The van der Waals surface area contributed by atoms with E-state index in [2.05, 4.69) is 31.4 Å². The van der Waals surface area contributed by atoms with Crippen LogP contribution in [0.2, 0.25) is 0 Å². The molecule has 2 fully saturated rings. The number of nitrogens with one attached hydrogen (secondary N) is 2. The van der Waals surface area contributed by atoms with Crippen LogP contribution in [0.15, 0.2) is 24.3 Å². The number of amides is 4. The molecule has 1 aliphatic carbocycles. The maximum absolute atomic E-state index is 13.0. The zero-order valence-electron chi connectivity index (χ0n) is 20.2. The third-order valence-corrected chi connectivity index (χ3v) is 6.77. The zero-order chi connectivity index (χ0) is 25.1. The lowest BCUT2D eigenvalue weighted by Gasteiger charge is -2.40. The topological polar surface area (TPSA) is 122 Å². The van der Waals surface area contributed by atoms with Gasteiger partial charge in [-0.3, -0.25) is 24.1 Å². The summed E-state index contributed by atoms with van der Waals surface area (Å²) in [5.41, 5.74) is 0.0491. The summed E-state index contributed by atoms with van der Waals surface area (Å²) in [6.45, 7) is 7.21. The number of imide groups is 1. The second-order valence-corrected chi connectivity index (χ2v) is 10.1. The molecule has 2 aliphatic rings. The van der Waals surface area contributed by atoms with E-state index in [0.717, 1.165) is 17.7 Å². The van der Waals surface area contributed by atoms with Crippen LogP contribution in [-0.2, 0) is 19.1 Å². The average Bonchev–Trinajstić information content (AvgIpc) is 3.01. The van der Waals surface area contributed by atoms with Crippen molar-refractivity contribution in [1.82, 2.24) is 10.2 Å². The lowest BCUT2D eigenvalue weighted by Crippen LogP contribution is -2.50. The monoisotopic (exact) mass is 471 g/mol. The molecule has 34 heavy (non-hydrogen) atoms. The van der Waals surface area contributed by atoms with E-state index in [0.29, 0.717) is 36.4 Å². The third kappa shape index (κ3) is 5.63. The Morgan fingerprint density at radius 3 is 2.29 bits per heavy atom. The predicted molar refractivity (Wildman–Crippen MR) is 125 cm³/mol. The van der Waals surface area contributed by atoms with E-state index in [-0.39, 0.29) is 11.3 Å². The van der Waals surface area contributed by atoms with Crippen molar-refractivity contribution in [3.05, 3.63) is 29.8 Å². The minimum atomic E-state index is -0.954. The Morgan fingerprint density at radius 2 is 1.74 bits per heavy atom. The highest BCUT2D eigenvalue weighted by Crippen LogP contribution is 2.43. The van der Waals surface area contributed by atoms with E-state index in [4.69, 9.17) is 4.74 Å². The fourth-order valence-corrected chi connectivity index (χ4v) is 4.53. The lowest BCUT2D eigenvalue weighted by molar-refractivity contribution is -0.147. The second kappa shape index (κ2) is 9.95. The number of nitrogens with zero attached hydrogens (tertiary/aromatic N) is 1. The van der Waals surface area contributed by atoms with Crippen molar-refractivity contribution < 1.29 is 28.7 Å². The summed E-state index contributed by atoms with van der Waals surface area (Å²) in [7, 11) is 0. The number of ether oxygens (including phenoxy) is 1. The highest BCUT2D eigenvalue weighted by molar-refractivity contribution is 6.09. The molecule has 9 heteroatoms. The van der Waals surface area contributed by atoms with E-state index < -0.39 is 42.4 Å². The molecule has 1 saturated carbocycles. The van der Waals surface area contributed by atoms with Crippen LogP contribution >= 0.6 is 0 Å². The van der Waals surface area contributed by atoms with Gasteiger partial charge in [0.15, 0.2) is 12.4 Å². The molecule has 1 aromatic carbocycles. The van der Waals surface area contributed by atoms with Gasteiger partial charge in [-0.1, -0.05) is 27.7 Å².